The molecule has 28 heavy (non-hydrogen) atoms. The lowest BCUT2D eigenvalue weighted by molar-refractivity contribution is -0.424. The fourth-order valence-corrected chi connectivity index (χ4v) is 4.42. The number of aromatic nitrogens is 1. The van der Waals surface area contributed by atoms with Crippen LogP contribution in [0.3, 0.4) is 0 Å². The van der Waals surface area contributed by atoms with E-state index in [1.165, 1.54) is 0 Å². The zero-order chi connectivity index (χ0) is 19.8. The van der Waals surface area contributed by atoms with Gasteiger partial charge in [0.15, 0.2) is 0 Å². The highest BCUT2D eigenvalue weighted by Gasteiger charge is 2.20. The molecular formula is C20H23N4O2S2+. The van der Waals surface area contributed by atoms with E-state index in [0.717, 1.165) is 28.1 Å². The van der Waals surface area contributed by atoms with E-state index in [1.54, 1.807) is 49.1 Å². The quantitative estimate of drug-likeness (QED) is 0.306. The molecule has 2 aromatic carbocycles. The van der Waals surface area contributed by atoms with Crippen molar-refractivity contribution in [3.8, 4) is 0 Å². The van der Waals surface area contributed by atoms with E-state index in [2.05, 4.69) is 32.1 Å². The fourth-order valence-electron chi connectivity index (χ4n) is 2.58. The van der Waals surface area contributed by atoms with Crippen LogP contribution in [0.4, 0.5) is 0 Å². The van der Waals surface area contributed by atoms with Gasteiger partial charge in [-0.15, -0.1) is 0 Å². The minimum Gasteiger partial charge on any atom is -0.280 e. The molecular weight excluding hydrogens is 392 g/mol. The predicted molar refractivity (Wildman–Crippen MR) is 115 cm³/mol. The molecule has 0 radical (unpaired) electrons. The minimum absolute atomic E-state index is 0.223. The van der Waals surface area contributed by atoms with Crippen LogP contribution < -0.4 is 15.0 Å². The van der Waals surface area contributed by atoms with Crippen LogP contribution in [0, 0.1) is 0 Å². The van der Waals surface area contributed by atoms with Gasteiger partial charge in [-0.1, -0.05) is 42.5 Å². The van der Waals surface area contributed by atoms with Crippen LogP contribution in [0.15, 0.2) is 71.6 Å². The third-order valence-electron chi connectivity index (χ3n) is 3.99. The smallest absolute Gasteiger partial charge is 0.280 e. The van der Waals surface area contributed by atoms with Crippen molar-refractivity contribution in [1.29, 1.82) is 0 Å². The standard InChI is InChI=1S/C20H22N4O2S2/c1-21-20(24-28(25,26)18-8-3-2-4-9-18)22-13-14-27-15-17-12-11-16-7-5-6-10-19(16)23-17/h2-12H,13-15H2,1H3,(H2,21,22,24)/p+1. The largest absolute Gasteiger partial charge is 0.358 e. The molecule has 0 fully saturated rings. The Morgan fingerprint density at radius 1 is 1.04 bits per heavy atom. The number of hydrogen-bond acceptors (Lipinski definition) is 4. The Kier molecular flexibility index (Phi) is 6.89. The van der Waals surface area contributed by atoms with Gasteiger partial charge >= 0.3 is 16.0 Å². The van der Waals surface area contributed by atoms with Gasteiger partial charge in [-0.3, -0.25) is 15.3 Å². The van der Waals surface area contributed by atoms with Crippen molar-refractivity contribution < 1.29 is 13.4 Å². The lowest BCUT2D eigenvalue weighted by Crippen LogP contribution is -2.76. The molecule has 0 bridgehead atoms. The number of guanidine groups is 1. The van der Waals surface area contributed by atoms with E-state index >= 15 is 0 Å². The Balaban J connectivity index is 1.45. The molecule has 0 atom stereocenters. The molecule has 3 aromatic rings. The van der Waals surface area contributed by atoms with Crippen molar-refractivity contribution in [2.45, 2.75) is 10.6 Å². The normalized spacial score (nSPS) is 12.1. The second kappa shape index (κ2) is 9.57. The average molecular weight is 416 g/mol. The fraction of sp³-hybridized carbons (Fsp3) is 0.200. The van der Waals surface area contributed by atoms with Gasteiger partial charge in [0.1, 0.15) is 4.90 Å². The maximum atomic E-state index is 12.4. The Bertz CT molecular complexity index is 1050. The van der Waals surface area contributed by atoms with Crippen molar-refractivity contribution in [1.82, 2.24) is 15.0 Å². The molecule has 0 unspecified atom stereocenters. The highest BCUT2D eigenvalue weighted by molar-refractivity contribution is 7.98. The molecule has 146 valence electrons. The molecule has 0 amide bonds. The highest BCUT2D eigenvalue weighted by Crippen LogP contribution is 2.15. The number of sulfonamides is 1. The van der Waals surface area contributed by atoms with Crippen molar-refractivity contribution in [2.24, 2.45) is 0 Å². The third-order valence-corrected chi connectivity index (χ3v) is 6.35. The van der Waals surface area contributed by atoms with Gasteiger partial charge in [0.2, 0.25) is 0 Å². The first kappa shape index (κ1) is 20.2. The number of nitrogens with one attached hydrogen (secondary N) is 3. The van der Waals surface area contributed by atoms with Crippen LogP contribution in [0.1, 0.15) is 5.69 Å². The van der Waals surface area contributed by atoms with E-state index in [-0.39, 0.29) is 4.90 Å². The van der Waals surface area contributed by atoms with Gasteiger partial charge in [0, 0.05) is 16.9 Å². The number of benzene rings is 2. The van der Waals surface area contributed by atoms with Gasteiger partial charge in [-0.2, -0.15) is 24.9 Å². The predicted octanol–water partition coefficient (Wildman–Crippen LogP) is 1.10. The van der Waals surface area contributed by atoms with Gasteiger partial charge in [0.05, 0.1) is 24.8 Å². The third kappa shape index (κ3) is 5.46. The van der Waals surface area contributed by atoms with Crippen LogP contribution in [-0.4, -0.2) is 38.7 Å². The van der Waals surface area contributed by atoms with Gasteiger partial charge in [-0.05, 0) is 24.3 Å². The number of rotatable bonds is 7. The summed E-state index contributed by atoms with van der Waals surface area (Å²) in [5, 5.41) is 4.22. The SMILES string of the molecule is C[NH+]=C(NCCSCc1ccc2ccccc2n1)NS(=O)(=O)c1ccccc1. The van der Waals surface area contributed by atoms with Crippen molar-refractivity contribution in [3.63, 3.8) is 0 Å². The Hall–Kier alpha value is -2.58. The molecule has 3 N–H and O–H groups in total. The zero-order valence-corrected chi connectivity index (χ0v) is 17.2. The number of fused-ring (bicyclic) bond motifs is 1. The number of hydrogen-bond donors (Lipinski definition) is 3. The van der Waals surface area contributed by atoms with E-state index in [1.807, 2.05) is 24.3 Å². The maximum absolute atomic E-state index is 12.4. The lowest BCUT2D eigenvalue weighted by atomic mass is 10.2. The number of pyridine rings is 1. The molecule has 0 spiro atoms. The zero-order valence-electron chi connectivity index (χ0n) is 15.6. The molecule has 1 aromatic heterocycles. The van der Waals surface area contributed by atoms with E-state index in [0.29, 0.717) is 12.5 Å². The first-order chi connectivity index (χ1) is 13.6. The highest BCUT2D eigenvalue weighted by atomic mass is 32.2. The molecule has 0 aliphatic heterocycles. The second-order valence-corrected chi connectivity index (χ2v) is 8.81. The molecule has 6 nitrogen and oxygen atoms in total. The maximum Gasteiger partial charge on any atom is 0.358 e. The van der Waals surface area contributed by atoms with Crippen molar-refractivity contribution in [3.05, 3.63) is 72.4 Å². The molecule has 8 heteroatoms. The number of para-hydroxylation sites is 1. The first-order valence-electron chi connectivity index (χ1n) is 8.87. The van der Waals surface area contributed by atoms with Crippen LogP contribution in [-0.2, 0) is 15.8 Å². The molecule has 0 aliphatic carbocycles. The van der Waals surface area contributed by atoms with Crippen LogP contribution in [0.25, 0.3) is 10.9 Å². The van der Waals surface area contributed by atoms with Gasteiger partial charge < -0.3 is 0 Å². The summed E-state index contributed by atoms with van der Waals surface area (Å²) in [6.45, 7) is 0.617. The molecule has 3 rings (SSSR count). The molecule has 0 saturated heterocycles. The summed E-state index contributed by atoms with van der Waals surface area (Å²) in [7, 11) is -1.94. The van der Waals surface area contributed by atoms with Crippen LogP contribution in [0.2, 0.25) is 0 Å². The van der Waals surface area contributed by atoms with E-state index < -0.39 is 10.0 Å². The van der Waals surface area contributed by atoms with Crippen molar-refractivity contribution >= 4 is 38.6 Å². The van der Waals surface area contributed by atoms with E-state index in [4.69, 9.17) is 0 Å². The summed E-state index contributed by atoms with van der Waals surface area (Å²) in [6, 6.07) is 20.5. The van der Waals surface area contributed by atoms with Crippen molar-refractivity contribution in [2.75, 3.05) is 19.3 Å². The monoisotopic (exact) mass is 415 g/mol. The van der Waals surface area contributed by atoms with Gasteiger partial charge in [0.25, 0.3) is 0 Å². The lowest BCUT2D eigenvalue weighted by Gasteiger charge is -2.07. The van der Waals surface area contributed by atoms with Crippen LogP contribution in [0.5, 0.6) is 0 Å². The van der Waals surface area contributed by atoms with Gasteiger partial charge in [-0.25, -0.2) is 0 Å². The first-order valence-corrected chi connectivity index (χ1v) is 11.5. The number of thioether (sulfide) groups is 1. The minimum atomic E-state index is -3.61. The molecule has 1 heterocycles. The van der Waals surface area contributed by atoms with Crippen LogP contribution >= 0.6 is 11.8 Å². The summed E-state index contributed by atoms with van der Waals surface area (Å²) in [4.78, 5) is 7.73. The summed E-state index contributed by atoms with van der Waals surface area (Å²) in [5.74, 6) is 1.97. The summed E-state index contributed by atoms with van der Waals surface area (Å²) in [5.41, 5.74) is 2.03. The summed E-state index contributed by atoms with van der Waals surface area (Å²) >= 11 is 1.74. The second-order valence-electron chi connectivity index (χ2n) is 6.02. The summed E-state index contributed by atoms with van der Waals surface area (Å²) in [6.07, 6.45) is 0. The Morgan fingerprint density at radius 3 is 2.57 bits per heavy atom. The Morgan fingerprint density at radius 2 is 1.79 bits per heavy atom. The summed E-state index contributed by atoms with van der Waals surface area (Å²) < 4.78 is 27.2. The Labute approximate surface area is 169 Å². The average Bonchev–Trinajstić information content (AvgIpc) is 2.73. The topological polar surface area (TPSA) is 85.1 Å². The molecule has 0 aliphatic rings. The number of nitrogens with zero attached hydrogens (tertiary/aromatic N) is 1. The van der Waals surface area contributed by atoms with E-state index in [9.17, 15) is 8.42 Å². The molecule has 0 saturated carbocycles.